The van der Waals surface area contributed by atoms with Crippen molar-refractivity contribution in [3.05, 3.63) is 64.7 Å². The second-order valence-electron chi connectivity index (χ2n) is 6.76. The van der Waals surface area contributed by atoms with E-state index in [-0.39, 0.29) is 17.5 Å². The lowest BCUT2D eigenvalue weighted by Crippen LogP contribution is -2.39. The standard InChI is InChI=1S/C19H19ClN6O2/c20-13-5-1-2-6-17(13)26-9-7-14(24-26)19(28)25-8-3-4-12(11-25)15-10-16(18(21)27)23-22-15/h1-2,5-7,9-10,12H,3-4,8,11H2,(H2,21,27)(H,22,23). The van der Waals surface area contributed by atoms with Gasteiger partial charge in [-0.3, -0.25) is 14.7 Å². The summed E-state index contributed by atoms with van der Waals surface area (Å²) in [6, 6.07) is 10.7. The number of para-hydroxylation sites is 1. The zero-order valence-electron chi connectivity index (χ0n) is 15.0. The maximum absolute atomic E-state index is 12.9. The number of aromatic amines is 1. The second kappa shape index (κ2) is 7.47. The lowest BCUT2D eigenvalue weighted by atomic mass is 9.94. The predicted octanol–water partition coefficient (Wildman–Crippen LogP) is 2.37. The fourth-order valence-electron chi connectivity index (χ4n) is 3.46. The van der Waals surface area contributed by atoms with Gasteiger partial charge in [-0.15, -0.1) is 0 Å². The van der Waals surface area contributed by atoms with E-state index in [1.807, 2.05) is 18.2 Å². The summed E-state index contributed by atoms with van der Waals surface area (Å²) in [6.07, 6.45) is 3.48. The molecule has 2 aromatic heterocycles. The third kappa shape index (κ3) is 3.50. The molecule has 0 spiro atoms. The Labute approximate surface area is 166 Å². The summed E-state index contributed by atoms with van der Waals surface area (Å²) in [4.78, 5) is 26.0. The summed E-state index contributed by atoms with van der Waals surface area (Å²) in [5.74, 6) is -0.634. The van der Waals surface area contributed by atoms with Crippen molar-refractivity contribution < 1.29 is 9.59 Å². The summed E-state index contributed by atoms with van der Waals surface area (Å²) in [6.45, 7) is 1.18. The van der Waals surface area contributed by atoms with Gasteiger partial charge in [-0.1, -0.05) is 23.7 Å². The van der Waals surface area contributed by atoms with Gasteiger partial charge in [-0.2, -0.15) is 10.2 Å². The van der Waals surface area contributed by atoms with E-state index >= 15 is 0 Å². The van der Waals surface area contributed by atoms with Crippen molar-refractivity contribution in [1.82, 2.24) is 24.9 Å². The SMILES string of the molecule is NC(=O)c1cc(C2CCCN(C(=O)c3ccn(-c4ccccc4Cl)n3)C2)[nH]n1. The number of rotatable bonds is 4. The minimum atomic E-state index is -0.573. The van der Waals surface area contributed by atoms with Crippen LogP contribution in [0.1, 0.15) is 45.4 Å². The van der Waals surface area contributed by atoms with Crippen LogP contribution in [0.4, 0.5) is 0 Å². The zero-order valence-corrected chi connectivity index (χ0v) is 15.8. The molecule has 3 heterocycles. The van der Waals surface area contributed by atoms with Gasteiger partial charge in [0.05, 0.1) is 10.7 Å². The van der Waals surface area contributed by atoms with E-state index in [1.165, 1.54) is 0 Å². The van der Waals surface area contributed by atoms with Crippen LogP contribution in [0.25, 0.3) is 5.69 Å². The number of primary amides is 1. The molecule has 1 saturated heterocycles. The van der Waals surface area contributed by atoms with Gasteiger partial charge in [0.25, 0.3) is 11.8 Å². The molecule has 4 rings (SSSR count). The Hall–Kier alpha value is -3.13. The van der Waals surface area contributed by atoms with Crippen molar-refractivity contribution in [1.29, 1.82) is 0 Å². The third-order valence-corrected chi connectivity index (χ3v) is 5.23. The van der Waals surface area contributed by atoms with E-state index in [4.69, 9.17) is 17.3 Å². The summed E-state index contributed by atoms with van der Waals surface area (Å²) < 4.78 is 1.60. The molecule has 8 nitrogen and oxygen atoms in total. The highest BCUT2D eigenvalue weighted by atomic mass is 35.5. The van der Waals surface area contributed by atoms with E-state index in [9.17, 15) is 9.59 Å². The topological polar surface area (TPSA) is 110 Å². The second-order valence-corrected chi connectivity index (χ2v) is 7.17. The lowest BCUT2D eigenvalue weighted by molar-refractivity contribution is 0.0699. The van der Waals surface area contributed by atoms with E-state index in [0.717, 1.165) is 24.2 Å². The Kier molecular flexibility index (Phi) is 4.87. The maximum atomic E-state index is 12.9. The number of likely N-dealkylation sites (tertiary alicyclic amines) is 1. The number of amides is 2. The molecule has 0 saturated carbocycles. The molecule has 144 valence electrons. The first-order valence-electron chi connectivity index (χ1n) is 8.98. The molecule has 0 aliphatic carbocycles. The molecule has 3 N–H and O–H groups in total. The number of benzene rings is 1. The molecule has 0 bridgehead atoms. The fraction of sp³-hybridized carbons (Fsp3) is 0.263. The van der Waals surface area contributed by atoms with Gasteiger partial charge >= 0.3 is 0 Å². The van der Waals surface area contributed by atoms with E-state index in [2.05, 4.69) is 15.3 Å². The first kappa shape index (κ1) is 18.2. The number of nitrogens with two attached hydrogens (primary N) is 1. The van der Waals surface area contributed by atoms with Crippen LogP contribution in [0.3, 0.4) is 0 Å². The molecular formula is C19H19ClN6O2. The molecule has 2 amide bonds. The molecule has 3 aromatic rings. The van der Waals surface area contributed by atoms with E-state index in [0.29, 0.717) is 23.8 Å². The van der Waals surface area contributed by atoms with Crippen molar-refractivity contribution in [3.63, 3.8) is 0 Å². The van der Waals surface area contributed by atoms with Crippen LogP contribution >= 0.6 is 11.6 Å². The molecule has 1 aliphatic heterocycles. The predicted molar refractivity (Wildman–Crippen MR) is 104 cm³/mol. The van der Waals surface area contributed by atoms with Gasteiger partial charge in [0.1, 0.15) is 5.69 Å². The number of carbonyl (C=O) groups excluding carboxylic acids is 2. The summed E-state index contributed by atoms with van der Waals surface area (Å²) in [5, 5.41) is 11.8. The average molecular weight is 399 g/mol. The van der Waals surface area contributed by atoms with Crippen LogP contribution < -0.4 is 5.73 Å². The average Bonchev–Trinajstić information content (AvgIpc) is 3.38. The Morgan fingerprint density at radius 2 is 2.04 bits per heavy atom. The molecule has 0 radical (unpaired) electrons. The van der Waals surface area contributed by atoms with Gasteiger partial charge in [0, 0.05) is 30.9 Å². The molecule has 1 aliphatic rings. The minimum Gasteiger partial charge on any atom is -0.364 e. The van der Waals surface area contributed by atoms with Crippen LogP contribution in [0, 0.1) is 0 Å². The first-order chi connectivity index (χ1) is 13.5. The van der Waals surface area contributed by atoms with Gasteiger partial charge < -0.3 is 10.6 Å². The number of piperidine rings is 1. The minimum absolute atomic E-state index is 0.0731. The van der Waals surface area contributed by atoms with Crippen molar-refractivity contribution in [2.75, 3.05) is 13.1 Å². The fourth-order valence-corrected chi connectivity index (χ4v) is 3.68. The van der Waals surface area contributed by atoms with E-state index < -0.39 is 5.91 Å². The van der Waals surface area contributed by atoms with Crippen molar-refractivity contribution >= 4 is 23.4 Å². The van der Waals surface area contributed by atoms with Gasteiger partial charge in [-0.05, 0) is 37.1 Å². The highest BCUT2D eigenvalue weighted by molar-refractivity contribution is 6.32. The zero-order chi connectivity index (χ0) is 19.7. The van der Waals surface area contributed by atoms with Crippen molar-refractivity contribution in [3.8, 4) is 5.69 Å². The molecular weight excluding hydrogens is 380 g/mol. The number of nitrogens with zero attached hydrogens (tertiary/aromatic N) is 4. The van der Waals surface area contributed by atoms with Crippen LogP contribution in [0.15, 0.2) is 42.6 Å². The lowest BCUT2D eigenvalue weighted by Gasteiger charge is -2.31. The van der Waals surface area contributed by atoms with Crippen LogP contribution in [-0.4, -0.2) is 49.8 Å². The highest BCUT2D eigenvalue weighted by Gasteiger charge is 2.28. The van der Waals surface area contributed by atoms with E-state index in [1.54, 1.807) is 34.0 Å². The molecule has 1 unspecified atom stereocenters. The quantitative estimate of drug-likeness (QED) is 0.702. The smallest absolute Gasteiger partial charge is 0.274 e. The Morgan fingerprint density at radius 3 is 2.79 bits per heavy atom. The molecule has 1 atom stereocenters. The number of nitrogens with one attached hydrogen (secondary N) is 1. The van der Waals surface area contributed by atoms with Crippen LogP contribution in [-0.2, 0) is 0 Å². The largest absolute Gasteiger partial charge is 0.364 e. The number of hydrogen-bond donors (Lipinski definition) is 2. The molecule has 9 heteroatoms. The van der Waals surface area contributed by atoms with Gasteiger partial charge in [0.2, 0.25) is 0 Å². The summed E-state index contributed by atoms with van der Waals surface area (Å²) >= 11 is 6.21. The monoisotopic (exact) mass is 398 g/mol. The van der Waals surface area contributed by atoms with Crippen molar-refractivity contribution in [2.24, 2.45) is 5.73 Å². The number of hydrogen-bond acceptors (Lipinski definition) is 4. The van der Waals surface area contributed by atoms with Gasteiger partial charge in [-0.25, -0.2) is 4.68 Å². The maximum Gasteiger partial charge on any atom is 0.274 e. The molecule has 1 aromatic carbocycles. The summed E-state index contributed by atoms with van der Waals surface area (Å²) in [5.41, 5.74) is 7.36. The van der Waals surface area contributed by atoms with Gasteiger partial charge in [0.15, 0.2) is 5.69 Å². The van der Waals surface area contributed by atoms with Crippen molar-refractivity contribution in [2.45, 2.75) is 18.8 Å². The molecule has 28 heavy (non-hydrogen) atoms. The van der Waals surface area contributed by atoms with Crippen LogP contribution in [0.5, 0.6) is 0 Å². The Balaban J connectivity index is 1.50. The molecule has 1 fully saturated rings. The van der Waals surface area contributed by atoms with Crippen LogP contribution in [0.2, 0.25) is 5.02 Å². The Morgan fingerprint density at radius 1 is 1.21 bits per heavy atom. The normalized spacial score (nSPS) is 16.9. The number of aromatic nitrogens is 4. The Bertz CT molecular complexity index is 1030. The summed E-state index contributed by atoms with van der Waals surface area (Å²) in [7, 11) is 0. The highest BCUT2D eigenvalue weighted by Crippen LogP contribution is 2.27. The number of H-pyrrole nitrogens is 1. The third-order valence-electron chi connectivity index (χ3n) is 4.91. The number of halogens is 1. The number of carbonyl (C=O) groups is 2. The first-order valence-corrected chi connectivity index (χ1v) is 9.35.